The molecule has 0 radical (unpaired) electrons. The van der Waals surface area contributed by atoms with Crippen LogP contribution in [0.1, 0.15) is 24.1 Å². The lowest BCUT2D eigenvalue weighted by Gasteiger charge is -2.15. The number of ether oxygens (including phenoxy) is 1. The fraction of sp³-hybridized carbons (Fsp3) is 0.294. The standard InChI is InChI=1S/C17H20FN3O2/c1-11(17(19)22)15-6-5-14(9-20-15)23-16-7-4-13(18)8-12(16)10-21(2)3/h4-9,11H,10H2,1-3H3,(H2,19,22). The average molecular weight is 317 g/mol. The van der Waals surface area contributed by atoms with E-state index in [0.29, 0.717) is 23.7 Å². The maximum Gasteiger partial charge on any atom is 0.226 e. The number of primary amides is 1. The molecule has 0 aliphatic heterocycles. The van der Waals surface area contributed by atoms with Gasteiger partial charge < -0.3 is 15.4 Å². The molecule has 1 aromatic carbocycles. The monoisotopic (exact) mass is 317 g/mol. The number of benzene rings is 1. The van der Waals surface area contributed by atoms with Crippen molar-refractivity contribution in [3.05, 3.63) is 53.6 Å². The van der Waals surface area contributed by atoms with Crippen molar-refractivity contribution in [2.75, 3.05) is 14.1 Å². The summed E-state index contributed by atoms with van der Waals surface area (Å²) in [6.45, 7) is 2.25. The van der Waals surface area contributed by atoms with E-state index in [4.69, 9.17) is 10.5 Å². The summed E-state index contributed by atoms with van der Waals surface area (Å²) in [4.78, 5) is 17.3. The van der Waals surface area contributed by atoms with Gasteiger partial charge >= 0.3 is 0 Å². The normalized spacial score (nSPS) is 12.2. The third kappa shape index (κ3) is 4.50. The summed E-state index contributed by atoms with van der Waals surface area (Å²) in [5.41, 5.74) is 6.58. The fourth-order valence-corrected chi connectivity index (χ4v) is 2.09. The van der Waals surface area contributed by atoms with Gasteiger partial charge in [-0.05, 0) is 51.4 Å². The van der Waals surface area contributed by atoms with E-state index in [1.54, 1.807) is 25.1 Å². The van der Waals surface area contributed by atoms with Gasteiger partial charge in [0.15, 0.2) is 0 Å². The number of nitrogens with zero attached hydrogens (tertiary/aromatic N) is 2. The molecule has 1 atom stereocenters. The second-order valence-corrected chi connectivity index (χ2v) is 5.63. The van der Waals surface area contributed by atoms with Crippen molar-refractivity contribution in [1.82, 2.24) is 9.88 Å². The number of rotatable bonds is 6. The molecule has 1 heterocycles. The van der Waals surface area contributed by atoms with Crippen LogP contribution in [-0.2, 0) is 11.3 Å². The van der Waals surface area contributed by atoms with Gasteiger partial charge in [-0.3, -0.25) is 9.78 Å². The topological polar surface area (TPSA) is 68.5 Å². The van der Waals surface area contributed by atoms with Crippen LogP contribution in [0.5, 0.6) is 11.5 Å². The molecule has 0 saturated heterocycles. The largest absolute Gasteiger partial charge is 0.455 e. The molecule has 1 aromatic heterocycles. The first kappa shape index (κ1) is 16.9. The molecule has 1 unspecified atom stereocenters. The smallest absolute Gasteiger partial charge is 0.226 e. The third-order valence-corrected chi connectivity index (χ3v) is 3.37. The number of pyridine rings is 1. The summed E-state index contributed by atoms with van der Waals surface area (Å²) in [5.74, 6) is -0.121. The van der Waals surface area contributed by atoms with Crippen LogP contribution in [0.3, 0.4) is 0 Å². The molecule has 0 saturated carbocycles. The van der Waals surface area contributed by atoms with Crippen LogP contribution >= 0.6 is 0 Å². The molecule has 2 aromatic rings. The maximum atomic E-state index is 13.4. The van der Waals surface area contributed by atoms with Crippen LogP contribution < -0.4 is 10.5 Å². The molecule has 0 fully saturated rings. The molecule has 122 valence electrons. The number of halogens is 1. The Kier molecular flexibility index (Phi) is 5.28. The highest BCUT2D eigenvalue weighted by atomic mass is 19.1. The highest BCUT2D eigenvalue weighted by Gasteiger charge is 2.13. The Morgan fingerprint density at radius 1 is 1.35 bits per heavy atom. The van der Waals surface area contributed by atoms with Gasteiger partial charge in [-0.2, -0.15) is 0 Å². The SMILES string of the molecule is CC(C(N)=O)c1ccc(Oc2ccc(F)cc2CN(C)C)cn1. The summed E-state index contributed by atoms with van der Waals surface area (Å²) in [6.07, 6.45) is 1.53. The lowest BCUT2D eigenvalue weighted by molar-refractivity contribution is -0.119. The highest BCUT2D eigenvalue weighted by molar-refractivity contribution is 5.80. The van der Waals surface area contributed by atoms with Crippen molar-refractivity contribution in [3.63, 3.8) is 0 Å². The van der Waals surface area contributed by atoms with Crippen LogP contribution in [0, 0.1) is 5.82 Å². The molecule has 2 rings (SSSR count). The lowest BCUT2D eigenvalue weighted by Crippen LogP contribution is -2.19. The molecule has 1 amide bonds. The fourth-order valence-electron chi connectivity index (χ4n) is 2.09. The van der Waals surface area contributed by atoms with Crippen molar-refractivity contribution in [2.24, 2.45) is 5.73 Å². The maximum absolute atomic E-state index is 13.4. The van der Waals surface area contributed by atoms with Crippen LogP contribution in [0.15, 0.2) is 36.5 Å². The Labute approximate surface area is 134 Å². The highest BCUT2D eigenvalue weighted by Crippen LogP contribution is 2.27. The van der Waals surface area contributed by atoms with Crippen LogP contribution in [0.25, 0.3) is 0 Å². The van der Waals surface area contributed by atoms with E-state index in [1.807, 2.05) is 19.0 Å². The van der Waals surface area contributed by atoms with Gasteiger partial charge in [0.25, 0.3) is 0 Å². The van der Waals surface area contributed by atoms with Gasteiger partial charge in [0.05, 0.1) is 17.8 Å². The number of carbonyl (C=O) groups is 1. The van der Waals surface area contributed by atoms with Gasteiger partial charge in [-0.1, -0.05) is 0 Å². The third-order valence-electron chi connectivity index (χ3n) is 3.37. The number of carbonyl (C=O) groups excluding carboxylic acids is 1. The summed E-state index contributed by atoms with van der Waals surface area (Å²) < 4.78 is 19.2. The van der Waals surface area contributed by atoms with Crippen molar-refractivity contribution >= 4 is 5.91 Å². The Balaban J connectivity index is 2.20. The Bertz CT molecular complexity index is 687. The molecular weight excluding hydrogens is 297 g/mol. The lowest BCUT2D eigenvalue weighted by atomic mass is 10.1. The van der Waals surface area contributed by atoms with Crippen LogP contribution in [0.4, 0.5) is 4.39 Å². The van der Waals surface area contributed by atoms with Crippen molar-refractivity contribution in [1.29, 1.82) is 0 Å². The van der Waals surface area contributed by atoms with Crippen molar-refractivity contribution < 1.29 is 13.9 Å². The van der Waals surface area contributed by atoms with E-state index in [2.05, 4.69) is 4.98 Å². The van der Waals surface area contributed by atoms with E-state index < -0.39 is 11.8 Å². The first-order valence-electron chi connectivity index (χ1n) is 7.23. The molecule has 0 bridgehead atoms. The van der Waals surface area contributed by atoms with E-state index in [1.165, 1.54) is 18.3 Å². The Hall–Kier alpha value is -2.47. The summed E-state index contributed by atoms with van der Waals surface area (Å²) in [6, 6.07) is 7.80. The number of amides is 1. The van der Waals surface area contributed by atoms with Gasteiger partial charge in [0.1, 0.15) is 17.3 Å². The first-order chi connectivity index (χ1) is 10.9. The number of aromatic nitrogens is 1. The predicted octanol–water partition coefficient (Wildman–Crippen LogP) is 2.66. The van der Waals surface area contributed by atoms with Crippen LogP contribution in [-0.4, -0.2) is 29.9 Å². The second kappa shape index (κ2) is 7.19. The molecule has 0 aliphatic rings. The molecule has 6 heteroatoms. The minimum atomic E-state index is -0.459. The zero-order chi connectivity index (χ0) is 17.0. The van der Waals surface area contributed by atoms with E-state index in [9.17, 15) is 9.18 Å². The Morgan fingerprint density at radius 3 is 2.65 bits per heavy atom. The molecule has 5 nitrogen and oxygen atoms in total. The molecule has 0 spiro atoms. The average Bonchev–Trinajstić information content (AvgIpc) is 2.49. The van der Waals surface area contributed by atoms with E-state index in [0.717, 1.165) is 5.56 Å². The summed E-state index contributed by atoms with van der Waals surface area (Å²) in [5, 5.41) is 0. The predicted molar refractivity (Wildman–Crippen MR) is 85.7 cm³/mol. The van der Waals surface area contributed by atoms with Gasteiger partial charge in [0, 0.05) is 12.1 Å². The van der Waals surface area contributed by atoms with Gasteiger partial charge in [0.2, 0.25) is 5.91 Å². The second-order valence-electron chi connectivity index (χ2n) is 5.63. The number of nitrogens with two attached hydrogens (primary N) is 1. The number of hydrogen-bond acceptors (Lipinski definition) is 4. The zero-order valence-corrected chi connectivity index (χ0v) is 13.4. The Morgan fingerprint density at radius 2 is 2.09 bits per heavy atom. The molecule has 0 aliphatic carbocycles. The number of hydrogen-bond donors (Lipinski definition) is 1. The zero-order valence-electron chi connectivity index (χ0n) is 13.4. The van der Waals surface area contributed by atoms with Gasteiger partial charge in [-0.15, -0.1) is 0 Å². The summed E-state index contributed by atoms with van der Waals surface area (Å²) in [7, 11) is 3.80. The first-order valence-corrected chi connectivity index (χ1v) is 7.23. The summed E-state index contributed by atoms with van der Waals surface area (Å²) >= 11 is 0. The minimum Gasteiger partial charge on any atom is -0.455 e. The van der Waals surface area contributed by atoms with E-state index in [-0.39, 0.29) is 5.82 Å². The van der Waals surface area contributed by atoms with Crippen molar-refractivity contribution in [2.45, 2.75) is 19.4 Å². The molecule has 2 N–H and O–H groups in total. The molecular formula is C17H20FN3O2. The molecule has 23 heavy (non-hydrogen) atoms. The quantitative estimate of drug-likeness (QED) is 0.889. The minimum absolute atomic E-state index is 0.307. The van der Waals surface area contributed by atoms with E-state index >= 15 is 0 Å². The van der Waals surface area contributed by atoms with Gasteiger partial charge in [-0.25, -0.2) is 4.39 Å². The van der Waals surface area contributed by atoms with Crippen LogP contribution in [0.2, 0.25) is 0 Å². The van der Waals surface area contributed by atoms with Crippen molar-refractivity contribution in [3.8, 4) is 11.5 Å².